The van der Waals surface area contributed by atoms with Crippen LogP contribution in [0.4, 0.5) is 0 Å². The van der Waals surface area contributed by atoms with E-state index >= 15 is 0 Å². The zero-order chi connectivity index (χ0) is 18.0. The van der Waals surface area contributed by atoms with Gasteiger partial charge < -0.3 is 14.7 Å². The van der Waals surface area contributed by atoms with Crippen molar-refractivity contribution in [1.29, 1.82) is 0 Å². The summed E-state index contributed by atoms with van der Waals surface area (Å²) in [6.45, 7) is 0.472. The topological polar surface area (TPSA) is 66.8 Å². The number of hydrogen-bond donors (Lipinski definition) is 1. The van der Waals surface area contributed by atoms with Gasteiger partial charge in [-0.05, 0) is 47.7 Å². The van der Waals surface area contributed by atoms with Gasteiger partial charge in [-0.3, -0.25) is 4.79 Å². The third kappa shape index (κ3) is 3.82. The molecule has 0 radical (unpaired) electrons. The first kappa shape index (κ1) is 17.0. The molecule has 0 aromatic heterocycles. The van der Waals surface area contributed by atoms with Gasteiger partial charge in [0.2, 0.25) is 5.91 Å². The maximum Gasteiger partial charge on any atom is 0.335 e. The van der Waals surface area contributed by atoms with Gasteiger partial charge in [-0.1, -0.05) is 24.3 Å². The molecule has 0 spiro atoms. The van der Waals surface area contributed by atoms with Crippen LogP contribution in [-0.2, 0) is 11.3 Å². The third-order valence-electron chi connectivity index (χ3n) is 4.63. The van der Waals surface area contributed by atoms with Gasteiger partial charge in [0.05, 0.1) is 12.7 Å². The normalized spacial score (nSPS) is 18.5. The number of aromatic carboxylic acids is 1. The Bertz CT molecular complexity index is 785. The van der Waals surface area contributed by atoms with Crippen LogP contribution in [-0.4, -0.2) is 36.0 Å². The highest BCUT2D eigenvalue weighted by atomic mass is 16.5. The average molecular weight is 339 g/mol. The second-order valence-electron chi connectivity index (χ2n) is 6.42. The van der Waals surface area contributed by atoms with Crippen molar-refractivity contribution in [2.75, 3.05) is 14.2 Å². The number of carboxylic acid groups (broad SMARTS) is 1. The zero-order valence-corrected chi connectivity index (χ0v) is 14.3. The van der Waals surface area contributed by atoms with E-state index in [-0.39, 0.29) is 23.3 Å². The van der Waals surface area contributed by atoms with Crippen LogP contribution in [0.5, 0.6) is 5.75 Å². The number of methoxy groups -OCH3 is 1. The number of carbonyl (C=O) groups excluding carboxylic acids is 1. The van der Waals surface area contributed by atoms with Gasteiger partial charge in [-0.25, -0.2) is 4.79 Å². The van der Waals surface area contributed by atoms with Crippen LogP contribution < -0.4 is 4.74 Å². The van der Waals surface area contributed by atoms with Crippen LogP contribution in [0.25, 0.3) is 0 Å². The molecule has 2 aromatic rings. The molecule has 0 bridgehead atoms. The molecule has 1 saturated carbocycles. The van der Waals surface area contributed by atoms with E-state index in [1.807, 2.05) is 24.3 Å². The monoisotopic (exact) mass is 339 g/mol. The van der Waals surface area contributed by atoms with Crippen molar-refractivity contribution < 1.29 is 19.4 Å². The van der Waals surface area contributed by atoms with Crippen LogP contribution in [0.2, 0.25) is 0 Å². The number of amides is 1. The fourth-order valence-electron chi connectivity index (χ4n) is 3.10. The maximum atomic E-state index is 12.6. The van der Waals surface area contributed by atoms with E-state index < -0.39 is 5.97 Å². The van der Waals surface area contributed by atoms with E-state index in [4.69, 9.17) is 9.84 Å². The van der Waals surface area contributed by atoms with Crippen LogP contribution in [0.3, 0.4) is 0 Å². The molecule has 0 heterocycles. The Morgan fingerprint density at radius 3 is 2.56 bits per heavy atom. The number of carbonyl (C=O) groups is 2. The number of carboxylic acids is 1. The minimum atomic E-state index is -0.949. The van der Waals surface area contributed by atoms with Crippen molar-refractivity contribution in [3.05, 3.63) is 65.2 Å². The predicted octanol–water partition coefficient (Wildman–Crippen LogP) is 3.16. The van der Waals surface area contributed by atoms with Gasteiger partial charge in [0.25, 0.3) is 0 Å². The minimum Gasteiger partial charge on any atom is -0.497 e. The summed E-state index contributed by atoms with van der Waals surface area (Å²) in [4.78, 5) is 25.2. The fourth-order valence-corrected chi connectivity index (χ4v) is 3.10. The highest BCUT2D eigenvalue weighted by Gasteiger charge is 2.45. The molecule has 1 fully saturated rings. The number of benzene rings is 2. The molecule has 1 N–H and O–H groups in total. The first-order valence-electron chi connectivity index (χ1n) is 8.20. The molecule has 1 aliphatic carbocycles. The summed E-state index contributed by atoms with van der Waals surface area (Å²) >= 11 is 0. The molecule has 1 aliphatic rings. The third-order valence-corrected chi connectivity index (χ3v) is 4.63. The van der Waals surface area contributed by atoms with Gasteiger partial charge >= 0.3 is 5.97 Å². The van der Waals surface area contributed by atoms with Gasteiger partial charge in [0, 0.05) is 19.5 Å². The Morgan fingerprint density at radius 2 is 1.92 bits per heavy atom. The summed E-state index contributed by atoms with van der Waals surface area (Å²) in [5.41, 5.74) is 2.30. The summed E-state index contributed by atoms with van der Waals surface area (Å²) in [6.07, 6.45) is 0.855. The van der Waals surface area contributed by atoms with Crippen LogP contribution in [0.15, 0.2) is 48.5 Å². The van der Waals surface area contributed by atoms with Crippen LogP contribution >= 0.6 is 0 Å². The first-order chi connectivity index (χ1) is 12.0. The van der Waals surface area contributed by atoms with E-state index in [1.54, 1.807) is 43.3 Å². The Balaban J connectivity index is 1.60. The lowest BCUT2D eigenvalue weighted by molar-refractivity contribution is -0.131. The molecule has 130 valence electrons. The van der Waals surface area contributed by atoms with Gasteiger partial charge in [0.15, 0.2) is 0 Å². The summed E-state index contributed by atoms with van der Waals surface area (Å²) in [5, 5.41) is 8.93. The molecule has 2 atom stereocenters. The summed E-state index contributed by atoms with van der Waals surface area (Å²) < 4.78 is 5.24. The highest BCUT2D eigenvalue weighted by molar-refractivity contribution is 5.87. The zero-order valence-electron chi connectivity index (χ0n) is 14.3. The molecule has 0 aliphatic heterocycles. The van der Waals surface area contributed by atoms with E-state index in [9.17, 15) is 9.59 Å². The van der Waals surface area contributed by atoms with Gasteiger partial charge in [-0.15, -0.1) is 0 Å². The van der Waals surface area contributed by atoms with E-state index in [0.717, 1.165) is 23.3 Å². The van der Waals surface area contributed by atoms with Crippen molar-refractivity contribution in [3.63, 3.8) is 0 Å². The quantitative estimate of drug-likeness (QED) is 0.878. The molecule has 25 heavy (non-hydrogen) atoms. The van der Waals surface area contributed by atoms with E-state index in [2.05, 4.69) is 0 Å². The molecular formula is C20H21NO4. The molecule has 1 amide bonds. The lowest BCUT2D eigenvalue weighted by Gasteiger charge is -2.17. The highest BCUT2D eigenvalue weighted by Crippen LogP contribution is 2.49. The summed E-state index contributed by atoms with van der Waals surface area (Å²) in [6, 6.07) is 14.5. The van der Waals surface area contributed by atoms with Crippen molar-refractivity contribution in [2.45, 2.75) is 18.9 Å². The standard InChI is InChI=1S/C20H21NO4/c1-21(12-13-6-8-14(9-7-13)20(23)24)19(22)18-11-17(18)15-4-3-5-16(10-15)25-2/h3-10,17-18H,11-12H2,1-2H3,(H,23,24). The number of nitrogens with zero attached hydrogens (tertiary/aromatic N) is 1. The Hall–Kier alpha value is -2.82. The van der Waals surface area contributed by atoms with Gasteiger partial charge in [0.1, 0.15) is 5.75 Å². The lowest BCUT2D eigenvalue weighted by atomic mass is 10.1. The van der Waals surface area contributed by atoms with E-state index in [1.165, 1.54) is 0 Å². The smallest absolute Gasteiger partial charge is 0.335 e. The number of ether oxygens (including phenoxy) is 1. The van der Waals surface area contributed by atoms with Crippen molar-refractivity contribution in [3.8, 4) is 5.75 Å². The van der Waals surface area contributed by atoms with Crippen molar-refractivity contribution >= 4 is 11.9 Å². The Labute approximate surface area is 146 Å². The first-order valence-corrected chi connectivity index (χ1v) is 8.20. The summed E-state index contributed by atoms with van der Waals surface area (Å²) in [5.74, 6) is 0.238. The summed E-state index contributed by atoms with van der Waals surface area (Å²) in [7, 11) is 3.42. The SMILES string of the molecule is COc1cccc(C2CC2C(=O)N(C)Cc2ccc(C(=O)O)cc2)c1. The maximum absolute atomic E-state index is 12.6. The molecule has 3 rings (SSSR count). The van der Waals surface area contributed by atoms with Crippen LogP contribution in [0.1, 0.15) is 33.8 Å². The van der Waals surface area contributed by atoms with Crippen molar-refractivity contribution in [2.24, 2.45) is 5.92 Å². The second kappa shape index (κ2) is 6.97. The molecule has 2 aromatic carbocycles. The molecule has 5 nitrogen and oxygen atoms in total. The molecule has 5 heteroatoms. The molecule has 2 unspecified atom stereocenters. The van der Waals surface area contributed by atoms with Crippen molar-refractivity contribution in [1.82, 2.24) is 4.90 Å². The number of rotatable bonds is 6. The predicted molar refractivity (Wildman–Crippen MR) is 93.7 cm³/mol. The average Bonchev–Trinajstić information content (AvgIpc) is 3.42. The Kier molecular flexibility index (Phi) is 4.74. The lowest BCUT2D eigenvalue weighted by Crippen LogP contribution is -2.28. The van der Waals surface area contributed by atoms with E-state index in [0.29, 0.717) is 6.54 Å². The van der Waals surface area contributed by atoms with Gasteiger partial charge in [-0.2, -0.15) is 0 Å². The molecular weight excluding hydrogens is 318 g/mol. The minimum absolute atomic E-state index is 0.00963. The molecule has 0 saturated heterocycles. The second-order valence-corrected chi connectivity index (χ2v) is 6.42. The van der Waals surface area contributed by atoms with Crippen LogP contribution in [0, 0.1) is 5.92 Å². The fraction of sp³-hybridized carbons (Fsp3) is 0.300. The number of hydrogen-bond acceptors (Lipinski definition) is 3. The largest absolute Gasteiger partial charge is 0.497 e. The Morgan fingerprint density at radius 1 is 1.20 bits per heavy atom.